The third-order valence-corrected chi connectivity index (χ3v) is 6.63. The molecule has 2 aliphatic rings. The van der Waals surface area contributed by atoms with Crippen molar-refractivity contribution >= 4 is 21.6 Å². The number of nitrogens with zero attached hydrogens (tertiary/aromatic N) is 3. The van der Waals surface area contributed by atoms with Gasteiger partial charge in [-0.2, -0.15) is 0 Å². The summed E-state index contributed by atoms with van der Waals surface area (Å²) in [5.41, 5.74) is 2.78. The first kappa shape index (κ1) is 18.0. The van der Waals surface area contributed by atoms with E-state index in [1.165, 1.54) is 54.7 Å². The van der Waals surface area contributed by atoms with Crippen molar-refractivity contribution in [3.63, 3.8) is 0 Å². The molecular weight excluding hydrogens is 386 g/mol. The molecule has 2 fully saturated rings. The van der Waals surface area contributed by atoms with Crippen LogP contribution in [0.3, 0.4) is 0 Å². The molecule has 3 nitrogen and oxygen atoms in total. The van der Waals surface area contributed by atoms with E-state index < -0.39 is 0 Å². The fourth-order valence-electron chi connectivity index (χ4n) is 4.29. The fraction of sp³-hybridized carbons (Fsp3) is 0.455. The molecule has 2 aromatic rings. The summed E-state index contributed by atoms with van der Waals surface area (Å²) in [6.45, 7) is 8.20. The van der Waals surface area contributed by atoms with Crippen LogP contribution >= 0.6 is 15.9 Å². The number of piperidine rings is 1. The zero-order chi connectivity index (χ0) is 17.8. The van der Waals surface area contributed by atoms with E-state index in [0.29, 0.717) is 0 Å². The summed E-state index contributed by atoms with van der Waals surface area (Å²) >= 11 is 3.68. The average molecular weight is 414 g/mol. The van der Waals surface area contributed by atoms with Gasteiger partial charge < -0.3 is 4.90 Å². The minimum atomic E-state index is 0.767. The molecule has 0 aliphatic carbocycles. The molecule has 0 spiro atoms. The van der Waals surface area contributed by atoms with Crippen LogP contribution in [0, 0.1) is 0 Å². The SMILES string of the molecule is Brc1ccccc1CN1CCC(N2CCN(c3ccccc3)CC2)CC1. The van der Waals surface area contributed by atoms with Gasteiger partial charge in [-0.05, 0) is 49.7 Å². The Morgan fingerprint density at radius 2 is 1.42 bits per heavy atom. The van der Waals surface area contributed by atoms with Gasteiger partial charge >= 0.3 is 0 Å². The number of para-hydroxylation sites is 1. The van der Waals surface area contributed by atoms with Crippen molar-refractivity contribution in [1.82, 2.24) is 9.80 Å². The monoisotopic (exact) mass is 413 g/mol. The highest BCUT2D eigenvalue weighted by molar-refractivity contribution is 9.10. The van der Waals surface area contributed by atoms with Crippen molar-refractivity contribution in [2.45, 2.75) is 25.4 Å². The predicted octanol–water partition coefficient (Wildman–Crippen LogP) is 4.24. The minimum Gasteiger partial charge on any atom is -0.369 e. The Balaban J connectivity index is 1.25. The van der Waals surface area contributed by atoms with Gasteiger partial charge in [-0.1, -0.05) is 52.3 Å². The number of anilines is 1. The third-order valence-electron chi connectivity index (χ3n) is 5.86. The first-order chi connectivity index (χ1) is 12.8. The molecule has 0 N–H and O–H groups in total. The van der Waals surface area contributed by atoms with Gasteiger partial charge in [0.2, 0.25) is 0 Å². The van der Waals surface area contributed by atoms with E-state index in [0.717, 1.165) is 25.7 Å². The van der Waals surface area contributed by atoms with E-state index in [4.69, 9.17) is 0 Å². The second kappa shape index (κ2) is 8.55. The van der Waals surface area contributed by atoms with E-state index in [1.807, 2.05) is 0 Å². The summed E-state index contributed by atoms with van der Waals surface area (Å²) in [6.07, 6.45) is 2.60. The Labute approximate surface area is 165 Å². The van der Waals surface area contributed by atoms with Gasteiger partial charge in [-0.15, -0.1) is 0 Å². The molecule has 2 heterocycles. The van der Waals surface area contributed by atoms with E-state index in [9.17, 15) is 0 Å². The summed E-state index contributed by atoms with van der Waals surface area (Å²) in [6, 6.07) is 20.2. The first-order valence-corrected chi connectivity index (χ1v) is 10.6. The second-order valence-corrected chi connectivity index (χ2v) is 8.31. The molecule has 138 valence electrons. The number of likely N-dealkylation sites (tertiary alicyclic amines) is 1. The third kappa shape index (κ3) is 4.30. The molecule has 0 atom stereocenters. The van der Waals surface area contributed by atoms with Crippen LogP contribution in [0.4, 0.5) is 5.69 Å². The molecule has 2 saturated heterocycles. The van der Waals surface area contributed by atoms with Gasteiger partial charge in [0.25, 0.3) is 0 Å². The van der Waals surface area contributed by atoms with Crippen LogP contribution in [-0.2, 0) is 6.54 Å². The van der Waals surface area contributed by atoms with Crippen LogP contribution in [0.1, 0.15) is 18.4 Å². The quantitative estimate of drug-likeness (QED) is 0.741. The summed E-state index contributed by atoms with van der Waals surface area (Å²) in [5.74, 6) is 0. The van der Waals surface area contributed by atoms with Crippen molar-refractivity contribution in [2.24, 2.45) is 0 Å². The maximum atomic E-state index is 3.68. The molecule has 2 aliphatic heterocycles. The number of hydrogen-bond acceptors (Lipinski definition) is 3. The highest BCUT2D eigenvalue weighted by Crippen LogP contribution is 2.24. The normalized spacial score (nSPS) is 20.4. The van der Waals surface area contributed by atoms with Gasteiger partial charge in [0.1, 0.15) is 0 Å². The molecule has 0 amide bonds. The van der Waals surface area contributed by atoms with E-state index >= 15 is 0 Å². The lowest BCUT2D eigenvalue weighted by Gasteiger charge is -2.43. The van der Waals surface area contributed by atoms with Crippen molar-refractivity contribution in [2.75, 3.05) is 44.2 Å². The number of piperazine rings is 1. The van der Waals surface area contributed by atoms with Crippen LogP contribution in [0.15, 0.2) is 59.1 Å². The lowest BCUT2D eigenvalue weighted by molar-refractivity contribution is 0.0997. The highest BCUT2D eigenvalue weighted by Gasteiger charge is 2.27. The molecule has 2 aromatic carbocycles. The van der Waals surface area contributed by atoms with E-state index in [2.05, 4.69) is 85.2 Å². The number of hydrogen-bond donors (Lipinski definition) is 0. The first-order valence-electron chi connectivity index (χ1n) is 9.79. The van der Waals surface area contributed by atoms with Gasteiger partial charge in [-0.25, -0.2) is 0 Å². The summed E-state index contributed by atoms with van der Waals surface area (Å²) < 4.78 is 1.24. The molecule has 26 heavy (non-hydrogen) atoms. The van der Waals surface area contributed by atoms with E-state index in [-0.39, 0.29) is 0 Å². The molecule has 4 heteroatoms. The number of halogens is 1. The Kier molecular flexibility index (Phi) is 5.93. The Bertz CT molecular complexity index is 690. The Hall–Kier alpha value is -1.36. The zero-order valence-electron chi connectivity index (χ0n) is 15.4. The highest BCUT2D eigenvalue weighted by atomic mass is 79.9. The standard InChI is InChI=1S/C22H28BrN3/c23-22-9-5-4-6-19(22)18-24-12-10-21(11-13-24)26-16-14-25(15-17-26)20-7-2-1-3-8-20/h1-9,21H,10-18H2. The minimum absolute atomic E-state index is 0.767. The lowest BCUT2D eigenvalue weighted by Crippen LogP contribution is -2.53. The molecule has 0 saturated carbocycles. The van der Waals surface area contributed by atoms with Crippen LogP contribution < -0.4 is 4.90 Å². The smallest absolute Gasteiger partial charge is 0.0367 e. The molecule has 4 rings (SSSR count). The molecular formula is C22H28BrN3. The van der Waals surface area contributed by atoms with Crippen LogP contribution in [0.25, 0.3) is 0 Å². The molecule has 0 bridgehead atoms. The van der Waals surface area contributed by atoms with Crippen molar-refractivity contribution in [3.8, 4) is 0 Å². The number of benzene rings is 2. The largest absolute Gasteiger partial charge is 0.369 e. The Morgan fingerprint density at radius 1 is 0.769 bits per heavy atom. The van der Waals surface area contributed by atoms with Crippen molar-refractivity contribution in [3.05, 3.63) is 64.6 Å². The zero-order valence-corrected chi connectivity index (χ0v) is 16.9. The molecule has 0 aromatic heterocycles. The van der Waals surface area contributed by atoms with Gasteiger partial charge in [-0.3, -0.25) is 9.80 Å². The van der Waals surface area contributed by atoms with Gasteiger partial charge in [0.05, 0.1) is 0 Å². The van der Waals surface area contributed by atoms with Gasteiger partial charge in [0, 0.05) is 48.9 Å². The summed E-state index contributed by atoms with van der Waals surface area (Å²) in [5, 5.41) is 0. The average Bonchev–Trinajstić information content (AvgIpc) is 2.71. The van der Waals surface area contributed by atoms with Crippen molar-refractivity contribution < 1.29 is 0 Å². The second-order valence-electron chi connectivity index (χ2n) is 7.46. The van der Waals surface area contributed by atoms with Gasteiger partial charge in [0.15, 0.2) is 0 Å². The van der Waals surface area contributed by atoms with Crippen molar-refractivity contribution in [1.29, 1.82) is 0 Å². The maximum Gasteiger partial charge on any atom is 0.0367 e. The van der Waals surface area contributed by atoms with E-state index in [1.54, 1.807) is 0 Å². The van der Waals surface area contributed by atoms with Crippen LogP contribution in [0.5, 0.6) is 0 Å². The lowest BCUT2D eigenvalue weighted by atomic mass is 10.0. The van der Waals surface area contributed by atoms with Crippen LogP contribution in [0.2, 0.25) is 0 Å². The number of rotatable bonds is 4. The summed E-state index contributed by atoms with van der Waals surface area (Å²) in [7, 11) is 0. The summed E-state index contributed by atoms with van der Waals surface area (Å²) in [4.78, 5) is 7.87. The Morgan fingerprint density at radius 3 is 2.12 bits per heavy atom. The maximum absolute atomic E-state index is 3.68. The fourth-order valence-corrected chi connectivity index (χ4v) is 4.70. The molecule has 0 radical (unpaired) electrons. The predicted molar refractivity (Wildman–Crippen MR) is 113 cm³/mol. The van der Waals surface area contributed by atoms with Crippen LogP contribution in [-0.4, -0.2) is 55.1 Å². The molecule has 0 unspecified atom stereocenters. The topological polar surface area (TPSA) is 9.72 Å².